The number of hydrogen-bond acceptors (Lipinski definition) is 4. The van der Waals surface area contributed by atoms with E-state index in [0.29, 0.717) is 12.5 Å². The second-order valence-electron chi connectivity index (χ2n) is 5.64. The molecule has 1 rings (SSSR count). The Balaban J connectivity index is 2.09. The molecule has 0 aromatic carbocycles. The summed E-state index contributed by atoms with van der Waals surface area (Å²) in [5, 5.41) is 8.38. The minimum Gasteiger partial charge on any atom is -0.314 e. The van der Waals surface area contributed by atoms with Crippen molar-refractivity contribution >= 4 is 10.0 Å². The monoisotopic (exact) mass is 277 g/mol. The van der Waals surface area contributed by atoms with Gasteiger partial charge in [0.25, 0.3) is 0 Å². The van der Waals surface area contributed by atoms with E-state index in [2.05, 4.69) is 24.1 Å². The summed E-state index contributed by atoms with van der Waals surface area (Å²) in [6.07, 6.45) is 2.91. The lowest BCUT2D eigenvalue weighted by atomic mass is 10.0. The molecule has 0 aliphatic carbocycles. The summed E-state index contributed by atoms with van der Waals surface area (Å²) in [4.78, 5) is 2.51. The molecule has 1 aliphatic rings. The van der Waals surface area contributed by atoms with Crippen molar-refractivity contribution < 1.29 is 8.42 Å². The van der Waals surface area contributed by atoms with E-state index in [-0.39, 0.29) is 5.75 Å². The summed E-state index contributed by atoms with van der Waals surface area (Å²) >= 11 is 0. The highest BCUT2D eigenvalue weighted by Gasteiger charge is 2.18. The zero-order valence-electron chi connectivity index (χ0n) is 11.6. The number of primary sulfonamides is 1. The Morgan fingerprint density at radius 3 is 2.44 bits per heavy atom. The van der Waals surface area contributed by atoms with E-state index in [1.54, 1.807) is 0 Å². The molecule has 0 amide bonds. The van der Waals surface area contributed by atoms with E-state index in [9.17, 15) is 8.42 Å². The number of likely N-dealkylation sites (tertiary alicyclic amines) is 1. The Kier molecular flexibility index (Phi) is 6.55. The molecule has 6 heteroatoms. The third-order valence-electron chi connectivity index (χ3n) is 3.25. The van der Waals surface area contributed by atoms with Crippen LogP contribution in [0.2, 0.25) is 0 Å². The lowest BCUT2D eigenvalue weighted by Crippen LogP contribution is -2.44. The van der Waals surface area contributed by atoms with Crippen molar-refractivity contribution in [1.29, 1.82) is 0 Å². The summed E-state index contributed by atoms with van der Waals surface area (Å²) in [7, 11) is -3.30. The lowest BCUT2D eigenvalue weighted by molar-refractivity contribution is 0.180. The molecular formula is C12H27N3O2S. The van der Waals surface area contributed by atoms with Gasteiger partial charge >= 0.3 is 0 Å². The first-order valence-corrected chi connectivity index (χ1v) is 8.54. The first-order chi connectivity index (χ1) is 8.37. The van der Waals surface area contributed by atoms with Gasteiger partial charge in [0.05, 0.1) is 5.75 Å². The van der Waals surface area contributed by atoms with Crippen LogP contribution in [0.1, 0.15) is 33.1 Å². The van der Waals surface area contributed by atoms with E-state index in [1.165, 1.54) is 6.54 Å². The first kappa shape index (κ1) is 15.9. The third kappa shape index (κ3) is 7.31. The highest BCUT2D eigenvalue weighted by molar-refractivity contribution is 7.89. The van der Waals surface area contributed by atoms with Crippen LogP contribution < -0.4 is 10.5 Å². The molecule has 5 nitrogen and oxygen atoms in total. The van der Waals surface area contributed by atoms with Gasteiger partial charge in [-0.2, -0.15) is 0 Å². The van der Waals surface area contributed by atoms with Gasteiger partial charge in [-0.05, 0) is 44.8 Å². The van der Waals surface area contributed by atoms with Gasteiger partial charge in [0.15, 0.2) is 0 Å². The molecule has 1 heterocycles. The van der Waals surface area contributed by atoms with E-state index < -0.39 is 10.0 Å². The van der Waals surface area contributed by atoms with Crippen molar-refractivity contribution in [3.05, 3.63) is 0 Å². The molecular weight excluding hydrogens is 250 g/mol. The summed E-state index contributed by atoms with van der Waals surface area (Å²) in [6, 6.07) is 0.536. The fraction of sp³-hybridized carbons (Fsp3) is 1.00. The van der Waals surface area contributed by atoms with Gasteiger partial charge < -0.3 is 10.2 Å². The van der Waals surface area contributed by atoms with Gasteiger partial charge in [-0.1, -0.05) is 13.8 Å². The predicted octanol–water partition coefficient (Wildman–Crippen LogP) is 0.375. The maximum absolute atomic E-state index is 10.8. The molecule has 0 aromatic heterocycles. The molecule has 0 spiro atoms. The molecule has 0 atom stereocenters. The van der Waals surface area contributed by atoms with Gasteiger partial charge in [0.1, 0.15) is 0 Å². The normalized spacial score (nSPS) is 19.6. The average molecular weight is 277 g/mol. The largest absolute Gasteiger partial charge is 0.314 e. The lowest BCUT2D eigenvalue weighted by Gasteiger charge is -2.33. The molecule has 0 radical (unpaired) electrons. The minimum atomic E-state index is -3.30. The molecule has 1 fully saturated rings. The van der Waals surface area contributed by atoms with Crippen LogP contribution in [0, 0.1) is 5.92 Å². The Hall–Kier alpha value is -0.170. The summed E-state index contributed by atoms with van der Waals surface area (Å²) in [5.41, 5.74) is 0. The Labute approximate surface area is 111 Å². The summed E-state index contributed by atoms with van der Waals surface area (Å²) in [5.74, 6) is 0.802. The van der Waals surface area contributed by atoms with Crippen LogP contribution in [-0.2, 0) is 10.0 Å². The Morgan fingerprint density at radius 1 is 1.33 bits per heavy atom. The van der Waals surface area contributed by atoms with Crippen molar-refractivity contribution in [2.75, 3.05) is 31.9 Å². The van der Waals surface area contributed by atoms with E-state index >= 15 is 0 Å². The van der Waals surface area contributed by atoms with Crippen LogP contribution >= 0.6 is 0 Å². The molecule has 3 N–H and O–H groups in total. The van der Waals surface area contributed by atoms with Gasteiger partial charge in [-0.15, -0.1) is 0 Å². The van der Waals surface area contributed by atoms with E-state index in [4.69, 9.17) is 5.14 Å². The van der Waals surface area contributed by atoms with E-state index in [0.717, 1.165) is 38.4 Å². The van der Waals surface area contributed by atoms with Crippen LogP contribution in [0.15, 0.2) is 0 Å². The topological polar surface area (TPSA) is 75.4 Å². The number of nitrogens with one attached hydrogen (secondary N) is 1. The van der Waals surface area contributed by atoms with Crippen molar-refractivity contribution in [2.45, 2.75) is 39.2 Å². The molecule has 1 saturated heterocycles. The highest BCUT2D eigenvalue weighted by Crippen LogP contribution is 2.11. The van der Waals surface area contributed by atoms with Crippen molar-refractivity contribution in [3.63, 3.8) is 0 Å². The standard InChI is InChI=1S/C12H27N3O2S/c1-11(2)10-15-7-4-12(5-8-15)14-6-3-9-18(13,16)17/h11-12,14H,3-10H2,1-2H3,(H2,13,16,17). The van der Waals surface area contributed by atoms with Crippen LogP contribution in [0.25, 0.3) is 0 Å². The molecule has 1 aliphatic heterocycles. The third-order valence-corrected chi connectivity index (χ3v) is 4.11. The number of nitrogens with two attached hydrogens (primary N) is 1. The maximum atomic E-state index is 10.8. The quantitative estimate of drug-likeness (QED) is 0.660. The van der Waals surface area contributed by atoms with Crippen molar-refractivity contribution in [2.24, 2.45) is 11.1 Å². The summed E-state index contributed by atoms with van der Waals surface area (Å²) in [6.45, 7) is 8.70. The molecule has 0 saturated carbocycles. The Bertz CT molecular complexity index is 322. The maximum Gasteiger partial charge on any atom is 0.209 e. The molecule has 0 aromatic rings. The SMILES string of the molecule is CC(C)CN1CCC(NCCCS(N)(=O)=O)CC1. The smallest absolute Gasteiger partial charge is 0.209 e. The Morgan fingerprint density at radius 2 is 1.94 bits per heavy atom. The second-order valence-corrected chi connectivity index (χ2v) is 7.38. The molecule has 0 unspecified atom stereocenters. The minimum absolute atomic E-state index is 0.0756. The van der Waals surface area contributed by atoms with Gasteiger partial charge in [0, 0.05) is 12.6 Å². The molecule has 0 bridgehead atoms. The van der Waals surface area contributed by atoms with Crippen LogP contribution in [0.5, 0.6) is 0 Å². The number of piperidine rings is 1. The van der Waals surface area contributed by atoms with Gasteiger partial charge in [0.2, 0.25) is 10.0 Å². The van der Waals surface area contributed by atoms with Gasteiger partial charge in [-0.3, -0.25) is 0 Å². The molecule has 18 heavy (non-hydrogen) atoms. The fourth-order valence-electron chi connectivity index (χ4n) is 2.42. The first-order valence-electron chi connectivity index (χ1n) is 6.83. The molecule has 108 valence electrons. The van der Waals surface area contributed by atoms with Crippen LogP contribution in [0.4, 0.5) is 0 Å². The predicted molar refractivity (Wildman–Crippen MR) is 74.9 cm³/mol. The highest BCUT2D eigenvalue weighted by atomic mass is 32.2. The fourth-order valence-corrected chi connectivity index (χ4v) is 2.96. The number of rotatable bonds is 7. The number of hydrogen-bond donors (Lipinski definition) is 2. The summed E-state index contributed by atoms with van der Waals surface area (Å²) < 4.78 is 21.5. The van der Waals surface area contributed by atoms with Gasteiger partial charge in [-0.25, -0.2) is 13.6 Å². The number of nitrogens with zero attached hydrogens (tertiary/aromatic N) is 1. The van der Waals surface area contributed by atoms with Crippen molar-refractivity contribution in [1.82, 2.24) is 10.2 Å². The second kappa shape index (κ2) is 7.43. The van der Waals surface area contributed by atoms with Crippen LogP contribution in [0.3, 0.4) is 0 Å². The zero-order valence-corrected chi connectivity index (χ0v) is 12.4. The van der Waals surface area contributed by atoms with E-state index in [1.807, 2.05) is 0 Å². The van der Waals surface area contributed by atoms with Crippen molar-refractivity contribution in [3.8, 4) is 0 Å². The number of sulfonamides is 1. The average Bonchev–Trinajstić information content (AvgIpc) is 2.24. The van der Waals surface area contributed by atoms with Crippen LogP contribution in [-0.4, -0.2) is 51.3 Å². The zero-order chi connectivity index (χ0) is 13.6.